The number of hydrogen-bond donors (Lipinski definition) is 1. The number of nitrogens with zero attached hydrogens (tertiary/aromatic N) is 3. The van der Waals surface area contributed by atoms with Gasteiger partial charge in [0.05, 0.1) is 24.1 Å². The van der Waals surface area contributed by atoms with E-state index in [1.165, 1.54) is 0 Å². The smallest absolute Gasteiger partial charge is 0.282 e. The predicted octanol–water partition coefficient (Wildman–Crippen LogP) is 6.09. The fourth-order valence-electron chi connectivity index (χ4n) is 3.72. The average molecular weight is 455 g/mol. The summed E-state index contributed by atoms with van der Waals surface area (Å²) in [7, 11) is 1.91. The molecule has 3 aromatic carbocycles. The van der Waals surface area contributed by atoms with Crippen LogP contribution in [0.15, 0.2) is 66.7 Å². The summed E-state index contributed by atoms with van der Waals surface area (Å²) in [5.41, 5.74) is 3.57. The number of fused-ring (bicyclic) bond motifs is 1. The molecule has 0 spiro atoms. The zero-order chi connectivity index (χ0) is 22.3. The van der Waals surface area contributed by atoms with Crippen molar-refractivity contribution in [3.8, 4) is 11.5 Å². The first-order chi connectivity index (χ1) is 15.4. The molecule has 0 unspecified atom stereocenters. The van der Waals surface area contributed by atoms with Gasteiger partial charge in [-0.1, -0.05) is 23.7 Å². The standard InChI is InChI=1S/C24H21ClF2N4O/c1-30-22-12-18(31-14-24(26,27)15-31)6-11-21(22)29-23(30)28-13-16-2-7-19(8-3-16)32-20-9-4-17(25)5-10-20/h2-12H,13-15H2,1H3,(H,28,29). The number of aromatic nitrogens is 2. The summed E-state index contributed by atoms with van der Waals surface area (Å²) >= 11 is 5.90. The van der Waals surface area contributed by atoms with E-state index >= 15 is 0 Å². The minimum absolute atomic E-state index is 0.237. The minimum atomic E-state index is -2.59. The van der Waals surface area contributed by atoms with Crippen molar-refractivity contribution in [2.24, 2.45) is 7.05 Å². The number of ether oxygens (including phenoxy) is 1. The van der Waals surface area contributed by atoms with Gasteiger partial charge in [0.2, 0.25) is 5.95 Å². The van der Waals surface area contributed by atoms with E-state index in [4.69, 9.17) is 16.3 Å². The summed E-state index contributed by atoms with van der Waals surface area (Å²) in [6.45, 7) is 0.113. The Labute approximate surface area is 189 Å². The van der Waals surface area contributed by atoms with Crippen molar-refractivity contribution in [1.29, 1.82) is 0 Å². The van der Waals surface area contributed by atoms with Crippen LogP contribution in [0.25, 0.3) is 11.0 Å². The number of anilines is 2. The Morgan fingerprint density at radius 3 is 2.31 bits per heavy atom. The highest BCUT2D eigenvalue weighted by Gasteiger charge is 2.43. The van der Waals surface area contributed by atoms with Gasteiger partial charge in [0, 0.05) is 24.3 Å². The predicted molar refractivity (Wildman–Crippen MR) is 123 cm³/mol. The molecule has 0 atom stereocenters. The lowest BCUT2D eigenvalue weighted by Gasteiger charge is -2.40. The molecule has 0 bridgehead atoms. The van der Waals surface area contributed by atoms with Crippen LogP contribution in [0, 0.1) is 0 Å². The molecule has 2 heterocycles. The fourth-order valence-corrected chi connectivity index (χ4v) is 3.85. The van der Waals surface area contributed by atoms with E-state index < -0.39 is 5.92 Å². The van der Waals surface area contributed by atoms with Crippen LogP contribution in [0.3, 0.4) is 0 Å². The van der Waals surface area contributed by atoms with Crippen LogP contribution in [0.5, 0.6) is 11.5 Å². The van der Waals surface area contributed by atoms with Gasteiger partial charge in [-0.2, -0.15) is 0 Å². The number of imidazole rings is 1. The van der Waals surface area contributed by atoms with Gasteiger partial charge in [-0.05, 0) is 60.2 Å². The fraction of sp³-hybridized carbons (Fsp3) is 0.208. The zero-order valence-corrected chi connectivity index (χ0v) is 18.1. The number of aryl methyl sites for hydroxylation is 1. The molecule has 1 aromatic heterocycles. The summed E-state index contributed by atoms with van der Waals surface area (Å²) < 4.78 is 34.2. The molecule has 1 N–H and O–H groups in total. The van der Waals surface area contributed by atoms with Crippen LogP contribution in [-0.4, -0.2) is 28.6 Å². The molecule has 8 heteroatoms. The molecule has 1 aliphatic rings. The maximum absolute atomic E-state index is 13.2. The molecule has 5 nitrogen and oxygen atoms in total. The van der Waals surface area contributed by atoms with Gasteiger partial charge < -0.3 is 19.5 Å². The Hall–Kier alpha value is -3.32. The van der Waals surface area contributed by atoms with E-state index in [-0.39, 0.29) is 13.1 Å². The summed E-state index contributed by atoms with van der Waals surface area (Å²) in [5.74, 6) is -0.416. The maximum Gasteiger partial charge on any atom is 0.282 e. The molecular formula is C24H21ClF2N4O. The minimum Gasteiger partial charge on any atom is -0.457 e. The van der Waals surface area contributed by atoms with E-state index in [9.17, 15) is 8.78 Å². The van der Waals surface area contributed by atoms with Crippen molar-refractivity contribution in [1.82, 2.24) is 9.55 Å². The largest absolute Gasteiger partial charge is 0.457 e. The third kappa shape index (κ3) is 4.21. The summed E-state index contributed by atoms with van der Waals surface area (Å²) in [6, 6.07) is 20.6. The molecule has 0 amide bonds. The second-order valence-corrected chi connectivity index (χ2v) is 8.37. The highest BCUT2D eigenvalue weighted by atomic mass is 35.5. The van der Waals surface area contributed by atoms with Crippen molar-refractivity contribution in [3.05, 3.63) is 77.3 Å². The molecule has 1 saturated heterocycles. The molecule has 5 rings (SSSR count). The van der Waals surface area contributed by atoms with E-state index in [1.54, 1.807) is 17.0 Å². The second kappa shape index (κ2) is 7.98. The number of benzene rings is 3. The van der Waals surface area contributed by atoms with E-state index in [0.717, 1.165) is 33.8 Å². The summed E-state index contributed by atoms with van der Waals surface area (Å²) in [5, 5.41) is 4.01. The molecule has 1 aliphatic heterocycles. The molecule has 32 heavy (non-hydrogen) atoms. The Morgan fingerprint density at radius 2 is 1.66 bits per heavy atom. The third-order valence-electron chi connectivity index (χ3n) is 5.50. The third-order valence-corrected chi connectivity index (χ3v) is 5.75. The van der Waals surface area contributed by atoms with E-state index in [1.807, 2.05) is 66.2 Å². The number of rotatable bonds is 6. The highest BCUT2D eigenvalue weighted by molar-refractivity contribution is 6.30. The number of alkyl halides is 2. The topological polar surface area (TPSA) is 42.3 Å². The Balaban J connectivity index is 1.24. The Bertz CT molecular complexity index is 1250. The molecular weight excluding hydrogens is 434 g/mol. The molecule has 0 aliphatic carbocycles. The lowest BCUT2D eigenvalue weighted by Crippen LogP contribution is -2.56. The first-order valence-corrected chi connectivity index (χ1v) is 10.6. The lowest BCUT2D eigenvalue weighted by molar-refractivity contribution is -0.0262. The summed E-state index contributed by atoms with van der Waals surface area (Å²) in [4.78, 5) is 6.30. The van der Waals surface area contributed by atoms with Gasteiger partial charge in [0.25, 0.3) is 5.92 Å². The molecule has 0 radical (unpaired) electrons. The second-order valence-electron chi connectivity index (χ2n) is 7.93. The van der Waals surface area contributed by atoms with Crippen LogP contribution < -0.4 is 15.0 Å². The SMILES string of the molecule is Cn1c(NCc2ccc(Oc3ccc(Cl)cc3)cc2)nc2ccc(N3CC(F)(F)C3)cc21. The quantitative estimate of drug-likeness (QED) is 0.383. The average Bonchev–Trinajstić information content (AvgIpc) is 3.08. The molecule has 4 aromatic rings. The van der Waals surface area contributed by atoms with Crippen LogP contribution in [0.2, 0.25) is 5.02 Å². The van der Waals surface area contributed by atoms with Crippen LogP contribution in [0.4, 0.5) is 20.4 Å². The zero-order valence-electron chi connectivity index (χ0n) is 17.4. The van der Waals surface area contributed by atoms with Crippen molar-refractivity contribution >= 4 is 34.3 Å². The maximum atomic E-state index is 13.2. The highest BCUT2D eigenvalue weighted by Crippen LogP contribution is 2.33. The van der Waals surface area contributed by atoms with Crippen LogP contribution >= 0.6 is 11.6 Å². The molecule has 0 saturated carbocycles. The van der Waals surface area contributed by atoms with Gasteiger partial charge in [0.15, 0.2) is 0 Å². The van der Waals surface area contributed by atoms with Crippen LogP contribution in [-0.2, 0) is 13.6 Å². The van der Waals surface area contributed by atoms with Crippen molar-refractivity contribution < 1.29 is 13.5 Å². The van der Waals surface area contributed by atoms with Gasteiger partial charge >= 0.3 is 0 Å². The lowest BCUT2D eigenvalue weighted by atomic mass is 10.1. The first-order valence-electron chi connectivity index (χ1n) is 10.2. The molecule has 164 valence electrons. The van der Waals surface area contributed by atoms with Gasteiger partial charge in [0.1, 0.15) is 11.5 Å². The van der Waals surface area contributed by atoms with Crippen LogP contribution in [0.1, 0.15) is 5.56 Å². The monoisotopic (exact) mass is 454 g/mol. The van der Waals surface area contributed by atoms with Crippen molar-refractivity contribution in [2.45, 2.75) is 12.5 Å². The number of hydrogen-bond acceptors (Lipinski definition) is 4. The number of halogens is 3. The van der Waals surface area contributed by atoms with Gasteiger partial charge in [-0.15, -0.1) is 0 Å². The van der Waals surface area contributed by atoms with Crippen molar-refractivity contribution in [2.75, 3.05) is 23.3 Å². The van der Waals surface area contributed by atoms with Crippen molar-refractivity contribution in [3.63, 3.8) is 0 Å². The van der Waals surface area contributed by atoms with E-state index in [2.05, 4.69) is 10.3 Å². The molecule has 1 fully saturated rings. The van der Waals surface area contributed by atoms with Gasteiger partial charge in [-0.3, -0.25) is 0 Å². The van der Waals surface area contributed by atoms with E-state index in [0.29, 0.717) is 17.5 Å². The first kappa shape index (κ1) is 20.6. The van der Waals surface area contributed by atoms with Gasteiger partial charge in [-0.25, -0.2) is 13.8 Å². The number of nitrogens with one attached hydrogen (secondary N) is 1. The Kier molecular flexibility index (Phi) is 5.13. The normalized spacial score (nSPS) is 14.9. The Morgan fingerprint density at radius 1 is 1.00 bits per heavy atom. The summed E-state index contributed by atoms with van der Waals surface area (Å²) in [6.07, 6.45) is 0.